The first kappa shape index (κ1) is 36.6. The number of carbonyl (C=O) groups excluding carboxylic acids is 2. The quantitative estimate of drug-likeness (QED) is 0.104. The van der Waals surface area contributed by atoms with Crippen LogP contribution < -0.4 is 10.6 Å². The van der Waals surface area contributed by atoms with E-state index >= 15 is 0 Å². The summed E-state index contributed by atoms with van der Waals surface area (Å²) in [4.78, 5) is 25.6. The molecule has 240 valence electrons. The van der Waals surface area contributed by atoms with Crippen molar-refractivity contribution in [1.29, 1.82) is 5.26 Å². The highest BCUT2D eigenvalue weighted by Gasteiger charge is 2.26. The molecule has 0 spiro atoms. The van der Waals surface area contributed by atoms with Gasteiger partial charge in [0.2, 0.25) is 5.91 Å². The zero-order chi connectivity index (χ0) is 31.8. The topological polar surface area (TPSA) is 91.2 Å². The summed E-state index contributed by atoms with van der Waals surface area (Å²) in [5.41, 5.74) is 3.28. The van der Waals surface area contributed by atoms with Gasteiger partial charge in [-0.15, -0.1) is 0 Å². The highest BCUT2D eigenvalue weighted by molar-refractivity contribution is 5.96. The predicted octanol–water partition coefficient (Wildman–Crippen LogP) is 10.3. The van der Waals surface area contributed by atoms with E-state index in [0.29, 0.717) is 17.9 Å². The number of alkyl carbamates (subject to hydrolysis) is 1. The molecule has 0 unspecified atom stereocenters. The Balaban J connectivity index is 1.64. The molecule has 0 bridgehead atoms. The van der Waals surface area contributed by atoms with Crippen molar-refractivity contribution < 1.29 is 14.3 Å². The van der Waals surface area contributed by atoms with Gasteiger partial charge in [0, 0.05) is 5.69 Å². The van der Waals surface area contributed by atoms with E-state index in [2.05, 4.69) is 23.6 Å². The number of benzene rings is 2. The molecule has 0 fully saturated rings. The Labute approximate surface area is 266 Å². The average Bonchev–Trinajstić information content (AvgIpc) is 3.04. The van der Waals surface area contributed by atoms with Crippen LogP contribution in [0.2, 0.25) is 0 Å². The number of nitriles is 1. The second-order valence-corrected chi connectivity index (χ2v) is 11.9. The molecular weight excluding hydrogens is 546 g/mol. The van der Waals surface area contributed by atoms with Gasteiger partial charge in [-0.1, -0.05) is 147 Å². The molecule has 0 saturated heterocycles. The Kier molecular flexibility index (Phi) is 19.0. The highest BCUT2D eigenvalue weighted by Crippen LogP contribution is 2.17. The van der Waals surface area contributed by atoms with E-state index in [1.807, 2.05) is 62.4 Å². The van der Waals surface area contributed by atoms with Crippen LogP contribution >= 0.6 is 0 Å². The number of nitrogens with one attached hydrogen (secondary N) is 2. The summed E-state index contributed by atoms with van der Waals surface area (Å²) in [6.45, 7) is 6.59. The molecule has 6 nitrogen and oxygen atoms in total. The molecule has 0 aliphatic rings. The highest BCUT2D eigenvalue weighted by atomic mass is 16.5. The maximum absolute atomic E-state index is 13.1. The van der Waals surface area contributed by atoms with Gasteiger partial charge < -0.3 is 15.4 Å². The van der Waals surface area contributed by atoms with E-state index in [4.69, 9.17) is 10.00 Å². The molecule has 2 N–H and O–H groups in total. The van der Waals surface area contributed by atoms with Crippen LogP contribution in [0.5, 0.6) is 0 Å². The fraction of sp³-hybridized carbons (Fsp3) is 0.553. The number of amides is 2. The third-order valence-corrected chi connectivity index (χ3v) is 8.19. The molecule has 44 heavy (non-hydrogen) atoms. The zero-order valence-electron chi connectivity index (χ0n) is 27.4. The Morgan fingerprint density at radius 3 is 1.70 bits per heavy atom. The van der Waals surface area contributed by atoms with E-state index in [-0.39, 0.29) is 11.8 Å². The molecule has 0 heterocycles. The van der Waals surface area contributed by atoms with Crippen LogP contribution in [0.3, 0.4) is 0 Å². The summed E-state index contributed by atoms with van der Waals surface area (Å²) in [6, 6.07) is 16.3. The van der Waals surface area contributed by atoms with Gasteiger partial charge in [-0.2, -0.15) is 5.26 Å². The van der Waals surface area contributed by atoms with E-state index < -0.39 is 12.1 Å². The second kappa shape index (κ2) is 22.9. The van der Waals surface area contributed by atoms with Gasteiger partial charge in [-0.05, 0) is 47.7 Å². The Bertz CT molecular complexity index is 1140. The van der Waals surface area contributed by atoms with Crippen LogP contribution in [0.4, 0.5) is 10.5 Å². The summed E-state index contributed by atoms with van der Waals surface area (Å²) in [7, 11) is 0. The summed E-state index contributed by atoms with van der Waals surface area (Å²) in [5.74, 6) is -0.299. The zero-order valence-corrected chi connectivity index (χ0v) is 27.4. The van der Waals surface area contributed by atoms with Crippen molar-refractivity contribution in [2.45, 2.75) is 123 Å². The molecule has 2 aromatic carbocycles. The van der Waals surface area contributed by atoms with Crippen molar-refractivity contribution in [1.82, 2.24) is 5.32 Å². The first-order chi connectivity index (χ1) is 21.5. The maximum atomic E-state index is 13.1. The van der Waals surface area contributed by atoms with Gasteiger partial charge in [0.15, 0.2) is 0 Å². The van der Waals surface area contributed by atoms with E-state index in [9.17, 15) is 9.59 Å². The summed E-state index contributed by atoms with van der Waals surface area (Å²) in [6.07, 6.45) is 22.1. The van der Waals surface area contributed by atoms with Crippen molar-refractivity contribution in [3.8, 4) is 6.07 Å². The van der Waals surface area contributed by atoms with Gasteiger partial charge >= 0.3 is 6.09 Å². The number of anilines is 1. The first-order valence-electron chi connectivity index (χ1n) is 17.0. The lowest BCUT2D eigenvalue weighted by atomic mass is 9.98. The Morgan fingerprint density at radius 1 is 0.750 bits per heavy atom. The SMILES string of the molecule is CCCCCCCCCCCCCCCCOC(=O)N[C@H](C(=O)Nc1ccc(/C=C/c2ccc(C#N)cc2)cc1)[C@@H](C)CC. The van der Waals surface area contributed by atoms with Crippen molar-refractivity contribution in [2.24, 2.45) is 5.92 Å². The van der Waals surface area contributed by atoms with Gasteiger partial charge in [-0.3, -0.25) is 4.79 Å². The molecule has 2 rings (SSSR count). The standard InChI is InChI=1S/C38H55N3O3/c1-4-6-7-8-9-10-11-12-13-14-15-16-17-18-29-44-38(43)41-36(31(3)5-2)37(42)40-35-27-25-33(26-28-35)20-19-32-21-23-34(30-39)24-22-32/h19-28,31,36H,4-18,29H2,1-3H3,(H,40,42)(H,41,43)/b20-19+/t31-,36-/m0/s1. The number of unbranched alkanes of at least 4 members (excludes halogenated alkanes) is 13. The average molecular weight is 602 g/mol. The van der Waals surface area contributed by atoms with E-state index in [1.165, 1.54) is 77.0 Å². The molecular formula is C38H55N3O3. The monoisotopic (exact) mass is 601 g/mol. The third-order valence-electron chi connectivity index (χ3n) is 8.19. The number of nitrogens with zero attached hydrogens (tertiary/aromatic N) is 1. The number of carbonyl (C=O) groups is 2. The molecule has 2 aromatic rings. The molecule has 0 aliphatic carbocycles. The Hall–Kier alpha value is -3.59. The normalized spacial score (nSPS) is 12.4. The largest absolute Gasteiger partial charge is 0.450 e. The summed E-state index contributed by atoms with van der Waals surface area (Å²) in [5, 5.41) is 14.7. The van der Waals surface area contributed by atoms with E-state index in [1.54, 1.807) is 12.1 Å². The second-order valence-electron chi connectivity index (χ2n) is 11.9. The van der Waals surface area contributed by atoms with Crippen molar-refractivity contribution in [3.63, 3.8) is 0 Å². The van der Waals surface area contributed by atoms with Gasteiger partial charge in [0.05, 0.1) is 18.2 Å². The molecule has 0 aliphatic heterocycles. The van der Waals surface area contributed by atoms with Crippen LogP contribution in [0.1, 0.15) is 134 Å². The van der Waals surface area contributed by atoms with Crippen LogP contribution in [-0.4, -0.2) is 24.6 Å². The first-order valence-corrected chi connectivity index (χ1v) is 17.0. The van der Waals surface area contributed by atoms with Crippen LogP contribution in [0, 0.1) is 17.2 Å². The fourth-order valence-corrected chi connectivity index (χ4v) is 5.09. The van der Waals surface area contributed by atoms with Gasteiger partial charge in [0.25, 0.3) is 0 Å². The smallest absolute Gasteiger partial charge is 0.407 e. The molecule has 0 saturated carbocycles. The number of ether oxygens (including phenoxy) is 1. The lowest BCUT2D eigenvalue weighted by molar-refractivity contribution is -0.119. The van der Waals surface area contributed by atoms with Gasteiger partial charge in [0.1, 0.15) is 6.04 Å². The van der Waals surface area contributed by atoms with Crippen molar-refractivity contribution in [2.75, 3.05) is 11.9 Å². The Morgan fingerprint density at radius 2 is 1.23 bits per heavy atom. The molecule has 2 amide bonds. The lowest BCUT2D eigenvalue weighted by Crippen LogP contribution is -2.48. The number of hydrogen-bond acceptors (Lipinski definition) is 4. The molecule has 0 radical (unpaired) electrons. The molecule has 0 aromatic heterocycles. The van der Waals surface area contributed by atoms with Crippen molar-refractivity contribution >= 4 is 29.8 Å². The third kappa shape index (κ3) is 15.8. The lowest BCUT2D eigenvalue weighted by Gasteiger charge is -2.23. The summed E-state index contributed by atoms with van der Waals surface area (Å²) < 4.78 is 5.41. The minimum atomic E-state index is -0.681. The minimum absolute atomic E-state index is 0.0433. The minimum Gasteiger partial charge on any atom is -0.450 e. The van der Waals surface area contributed by atoms with Crippen molar-refractivity contribution in [3.05, 3.63) is 65.2 Å². The maximum Gasteiger partial charge on any atom is 0.407 e. The predicted molar refractivity (Wildman–Crippen MR) is 183 cm³/mol. The van der Waals surface area contributed by atoms with E-state index in [0.717, 1.165) is 30.4 Å². The van der Waals surface area contributed by atoms with Crippen LogP contribution in [-0.2, 0) is 9.53 Å². The van der Waals surface area contributed by atoms with Gasteiger partial charge in [-0.25, -0.2) is 4.79 Å². The number of hydrogen-bond donors (Lipinski definition) is 2. The molecule has 2 atom stereocenters. The van der Waals surface area contributed by atoms with Crippen LogP contribution in [0.15, 0.2) is 48.5 Å². The summed E-state index contributed by atoms with van der Waals surface area (Å²) >= 11 is 0. The fourth-order valence-electron chi connectivity index (χ4n) is 5.09. The number of rotatable bonds is 22. The molecule has 6 heteroatoms. The van der Waals surface area contributed by atoms with Crippen LogP contribution in [0.25, 0.3) is 12.2 Å².